The highest BCUT2D eigenvalue weighted by Crippen LogP contribution is 2.33. The number of carbonyl (C=O) groups excluding carboxylic acids is 3. The summed E-state index contributed by atoms with van der Waals surface area (Å²) in [6.07, 6.45) is 16.7. The quantitative estimate of drug-likeness (QED) is 0.0180. The number of Topliss-reactive ketones (excluding diaryl/α,β-unsaturated/α-hetero) is 3. The molecule has 522 valence electrons. The number of unbranched alkanes of at least 4 members (excludes halogenated alkanes) is 3. The molecule has 0 saturated heterocycles. The van der Waals surface area contributed by atoms with Gasteiger partial charge < -0.3 is 66.5 Å². The molecule has 22 nitrogen and oxygen atoms in total. The van der Waals surface area contributed by atoms with Crippen molar-refractivity contribution in [1.82, 2.24) is 44.9 Å². The number of hydrogen-bond donors (Lipinski definition) is 6. The van der Waals surface area contributed by atoms with Crippen molar-refractivity contribution in [3.8, 4) is 23.0 Å². The summed E-state index contributed by atoms with van der Waals surface area (Å²) in [4.78, 5) is 71.2. The lowest BCUT2D eigenvalue weighted by Gasteiger charge is -2.32. The third-order valence-corrected chi connectivity index (χ3v) is 16.0. The predicted octanol–water partition coefficient (Wildman–Crippen LogP) is 15.4. The van der Waals surface area contributed by atoms with E-state index < -0.39 is 11.6 Å². The first-order valence-corrected chi connectivity index (χ1v) is 32.9. The number of ether oxygens (including phenoxy) is 4. The molecule has 6 heterocycles. The zero-order valence-corrected chi connectivity index (χ0v) is 59.7. The van der Waals surface area contributed by atoms with E-state index in [-0.39, 0.29) is 50.4 Å². The molecular formula is C69H94Cl3F2N15O7. The van der Waals surface area contributed by atoms with Gasteiger partial charge in [-0.3, -0.25) is 0 Å². The molecule has 9 N–H and O–H groups in total. The average molecular weight is 1390 g/mol. The summed E-state index contributed by atoms with van der Waals surface area (Å²) in [6.45, 7) is 18.2. The number of carbonyl (C=O) groups is 3. The molecule has 2 aromatic carbocycles. The summed E-state index contributed by atoms with van der Waals surface area (Å²) < 4.78 is 48.3. The molecule has 0 spiro atoms. The fraction of sp³-hybridized carbons (Fsp3) is 0.478. The first-order valence-electron chi connectivity index (χ1n) is 31.8. The van der Waals surface area contributed by atoms with Crippen molar-refractivity contribution < 1.29 is 42.1 Å². The summed E-state index contributed by atoms with van der Waals surface area (Å²) in [5, 5.41) is 10.9. The lowest BCUT2D eigenvalue weighted by atomic mass is 9.89. The van der Waals surface area contributed by atoms with E-state index in [1.54, 1.807) is 61.3 Å². The molecule has 0 amide bonds. The highest BCUT2D eigenvalue weighted by atomic mass is 35.5. The fourth-order valence-electron chi connectivity index (χ4n) is 9.66. The van der Waals surface area contributed by atoms with Gasteiger partial charge in [0.05, 0.1) is 62.4 Å². The summed E-state index contributed by atoms with van der Waals surface area (Å²) in [6, 6.07) is 15.4. The standard InChI is InChI=1S/C26H34FN5O3.C17H24FN5O.C10H21NO.C9H13NO2.C7H2Cl3N3/c1-6-7-11-26(3,12-10-17(2)33)32-24-23-21(13-19(27)16-28-23)30-25(31-24)29-15-18-8-9-20(34-4)14-22(18)35-5;1-4-5-7-17(3,8-6-11(2)24)23-15-14-13(21-16(19)22-15)9-12(18)10-20-14;1-4-5-7-10(3,11)8-6-9(2)12;1-11-8-4-3-7(6-10)9(5-8)12-2;8-3-1-4-5(11-2-3)6(9)13-7(10)12-4/h8-9,13-14,16H,6-7,10-12,15H2,1-5H3,(H2,29,30,31,32);9-10H,4-8H2,1-3H3,(H3,19,21,22,23);4-8,11H2,1-3H3;3-5H,6,10H2,1-2H3;1-2H/t26-;17-;10-;;/m111../s1. The van der Waals surface area contributed by atoms with Crippen LogP contribution in [-0.2, 0) is 27.5 Å². The molecule has 8 aromatic rings. The molecule has 96 heavy (non-hydrogen) atoms. The van der Waals surface area contributed by atoms with Crippen LogP contribution in [0, 0.1) is 11.6 Å². The van der Waals surface area contributed by atoms with Crippen molar-refractivity contribution in [1.29, 1.82) is 0 Å². The number of nitrogen functional groups attached to an aromatic ring is 1. The molecule has 6 aromatic heterocycles. The highest BCUT2D eigenvalue weighted by Gasteiger charge is 2.28. The van der Waals surface area contributed by atoms with Gasteiger partial charge in [-0.2, -0.15) is 9.97 Å². The number of rotatable bonds is 30. The second-order valence-electron chi connectivity index (χ2n) is 24.0. The van der Waals surface area contributed by atoms with Gasteiger partial charge in [0.25, 0.3) is 0 Å². The maximum absolute atomic E-state index is 14.0. The zero-order chi connectivity index (χ0) is 71.2. The van der Waals surface area contributed by atoms with E-state index in [0.29, 0.717) is 112 Å². The summed E-state index contributed by atoms with van der Waals surface area (Å²) >= 11 is 17.1. The monoisotopic (exact) mass is 1390 g/mol. The van der Waals surface area contributed by atoms with Gasteiger partial charge in [0.15, 0.2) is 16.8 Å². The summed E-state index contributed by atoms with van der Waals surface area (Å²) in [5.41, 5.74) is 21.0. The normalized spacial score (nSPS) is 12.7. The molecule has 0 fully saturated rings. The Kier molecular flexibility index (Phi) is 33.4. The molecule has 0 radical (unpaired) electrons. The Morgan fingerprint density at radius 3 is 1.49 bits per heavy atom. The number of ketones is 3. The molecule has 0 bridgehead atoms. The van der Waals surface area contributed by atoms with Gasteiger partial charge >= 0.3 is 0 Å². The molecule has 8 rings (SSSR count). The van der Waals surface area contributed by atoms with E-state index in [4.69, 9.17) is 71.0 Å². The minimum absolute atomic E-state index is 0.0572. The third kappa shape index (κ3) is 27.2. The topological polar surface area (TPSA) is 318 Å². The van der Waals surface area contributed by atoms with E-state index in [1.165, 1.54) is 24.8 Å². The number of pyridine rings is 3. The maximum atomic E-state index is 14.0. The van der Waals surface area contributed by atoms with Gasteiger partial charge in [0, 0.05) is 90.6 Å². The van der Waals surface area contributed by atoms with Gasteiger partial charge in [-0.1, -0.05) is 88.6 Å². The zero-order valence-electron chi connectivity index (χ0n) is 57.5. The Morgan fingerprint density at radius 1 is 0.542 bits per heavy atom. The first kappa shape index (κ1) is 80.4. The molecule has 0 aliphatic rings. The number of fused-ring (bicyclic) bond motifs is 3. The van der Waals surface area contributed by atoms with Crippen LogP contribution in [0.1, 0.15) is 170 Å². The van der Waals surface area contributed by atoms with Crippen molar-refractivity contribution in [3.05, 3.63) is 111 Å². The number of hydrogen-bond acceptors (Lipinski definition) is 22. The minimum atomic E-state index is -0.477. The largest absolute Gasteiger partial charge is 0.497 e. The van der Waals surface area contributed by atoms with Crippen LogP contribution >= 0.6 is 34.8 Å². The van der Waals surface area contributed by atoms with Crippen molar-refractivity contribution >= 4 is 109 Å². The maximum Gasteiger partial charge on any atom is 0.225 e. The van der Waals surface area contributed by atoms with Gasteiger partial charge in [-0.05, 0) is 116 Å². The third-order valence-electron chi connectivity index (χ3n) is 15.3. The van der Waals surface area contributed by atoms with Crippen LogP contribution < -0.4 is 52.1 Å². The highest BCUT2D eigenvalue weighted by molar-refractivity contribution is 6.36. The number of benzene rings is 2. The second kappa shape index (κ2) is 39.9. The van der Waals surface area contributed by atoms with E-state index in [2.05, 4.69) is 95.4 Å². The lowest BCUT2D eigenvalue weighted by molar-refractivity contribution is -0.118. The molecule has 27 heteroatoms. The number of nitrogens with two attached hydrogens (primary N) is 3. The molecule has 0 saturated carbocycles. The van der Waals surface area contributed by atoms with Crippen LogP contribution in [0.4, 0.5) is 32.3 Å². The van der Waals surface area contributed by atoms with E-state index >= 15 is 0 Å². The predicted molar refractivity (Wildman–Crippen MR) is 381 cm³/mol. The fourth-order valence-corrected chi connectivity index (χ4v) is 10.3. The number of methoxy groups -OCH3 is 4. The van der Waals surface area contributed by atoms with Gasteiger partial charge in [-0.25, -0.2) is 43.7 Å². The Labute approximate surface area is 577 Å². The SMILES string of the molecule is CCCC[C@@](C)(N)CCC(C)=O.CCCC[C@](C)(CCC(C)=O)Nc1nc(N)nc2cc(F)cnc12.CCCC[C@](C)(CCC(C)=O)Nc1nc(NCc2ccc(OC)cc2OC)nc2cc(F)cnc12.COc1ccc(CN)c(OC)c1.Clc1cnc2c(Cl)nc(Cl)nc2c1. The van der Waals surface area contributed by atoms with Gasteiger partial charge in [-0.15, -0.1) is 0 Å². The number of nitrogens with zero attached hydrogens (tertiary/aromatic N) is 9. The van der Waals surface area contributed by atoms with Crippen molar-refractivity contribution in [2.45, 2.75) is 188 Å². The van der Waals surface area contributed by atoms with E-state index in [0.717, 1.165) is 92.8 Å². The Hall–Kier alpha value is -8.03. The summed E-state index contributed by atoms with van der Waals surface area (Å²) in [7, 11) is 6.44. The summed E-state index contributed by atoms with van der Waals surface area (Å²) in [5.74, 6) is 3.84. The molecule has 0 aliphatic carbocycles. The number of halogens is 5. The first-order chi connectivity index (χ1) is 45.5. The van der Waals surface area contributed by atoms with Crippen molar-refractivity contribution in [2.75, 3.05) is 50.1 Å². The van der Waals surface area contributed by atoms with Crippen molar-refractivity contribution in [3.63, 3.8) is 0 Å². The molecule has 0 unspecified atom stereocenters. The Balaban J connectivity index is 0.000000276. The second-order valence-corrected chi connectivity index (χ2v) is 25.2. The number of anilines is 4. The van der Waals surface area contributed by atoms with Crippen molar-refractivity contribution in [2.24, 2.45) is 11.5 Å². The van der Waals surface area contributed by atoms with Crippen LogP contribution in [0.15, 0.2) is 73.2 Å². The van der Waals surface area contributed by atoms with Gasteiger partial charge in [0.2, 0.25) is 17.2 Å². The van der Waals surface area contributed by atoms with E-state index in [9.17, 15) is 23.2 Å². The molecular weight excluding hydrogens is 1300 g/mol. The Bertz CT molecular complexity index is 3810. The van der Waals surface area contributed by atoms with Gasteiger partial charge in [0.1, 0.15) is 68.5 Å². The number of nitrogens with one attached hydrogen (secondary N) is 3. The van der Waals surface area contributed by atoms with Crippen LogP contribution in [-0.4, -0.2) is 107 Å². The lowest BCUT2D eigenvalue weighted by Crippen LogP contribution is -2.36. The van der Waals surface area contributed by atoms with Crippen LogP contribution in [0.2, 0.25) is 15.5 Å². The van der Waals surface area contributed by atoms with Crippen LogP contribution in [0.5, 0.6) is 23.0 Å². The smallest absolute Gasteiger partial charge is 0.225 e. The average Bonchev–Trinajstić information content (AvgIpc) is 0.864. The molecule has 3 atom stereocenters. The number of aromatic nitrogens is 9. The van der Waals surface area contributed by atoms with E-state index in [1.807, 2.05) is 37.3 Å². The van der Waals surface area contributed by atoms with Crippen LogP contribution in [0.25, 0.3) is 33.1 Å². The molecule has 0 aliphatic heterocycles. The minimum Gasteiger partial charge on any atom is -0.497 e. The Morgan fingerprint density at radius 2 is 1.00 bits per heavy atom. The van der Waals surface area contributed by atoms with Crippen LogP contribution in [0.3, 0.4) is 0 Å².